The van der Waals surface area contributed by atoms with E-state index in [1.807, 2.05) is 10.9 Å². The summed E-state index contributed by atoms with van der Waals surface area (Å²) in [6.45, 7) is 0.952. The molecule has 1 aliphatic carbocycles. The molecule has 2 aromatic rings. The van der Waals surface area contributed by atoms with E-state index in [-0.39, 0.29) is 5.75 Å². The van der Waals surface area contributed by atoms with Gasteiger partial charge in [-0.15, -0.1) is 0 Å². The largest absolute Gasteiger partial charge is 0.505 e. The van der Waals surface area contributed by atoms with Gasteiger partial charge in [0.15, 0.2) is 11.6 Å². The standard InChI is InChI=1S/C13H13FN2O/c14-12-4-3-10(5-13(12)17)11-6-15-16(8-11)7-9-1-2-9/h3-6,8-9,17H,1-2,7H2. The summed E-state index contributed by atoms with van der Waals surface area (Å²) in [5.41, 5.74) is 1.69. The van der Waals surface area contributed by atoms with Crippen LogP contribution in [0.3, 0.4) is 0 Å². The van der Waals surface area contributed by atoms with Crippen LogP contribution in [0, 0.1) is 11.7 Å². The number of halogens is 1. The van der Waals surface area contributed by atoms with Crippen LogP contribution < -0.4 is 0 Å². The smallest absolute Gasteiger partial charge is 0.164 e. The molecule has 1 N–H and O–H groups in total. The first-order valence-corrected chi connectivity index (χ1v) is 5.74. The van der Waals surface area contributed by atoms with Crippen LogP contribution in [-0.4, -0.2) is 14.9 Å². The Morgan fingerprint density at radius 1 is 1.35 bits per heavy atom. The number of benzene rings is 1. The second kappa shape index (κ2) is 3.87. The molecule has 1 aromatic carbocycles. The van der Waals surface area contributed by atoms with Crippen molar-refractivity contribution < 1.29 is 9.50 Å². The number of aromatic nitrogens is 2. The second-order valence-electron chi connectivity index (χ2n) is 4.56. The molecule has 1 fully saturated rings. The van der Waals surface area contributed by atoms with Crippen molar-refractivity contribution in [2.45, 2.75) is 19.4 Å². The van der Waals surface area contributed by atoms with E-state index in [4.69, 9.17) is 0 Å². The first kappa shape index (κ1) is 10.3. The Bertz CT molecular complexity index is 546. The van der Waals surface area contributed by atoms with Crippen LogP contribution >= 0.6 is 0 Å². The molecule has 1 saturated carbocycles. The van der Waals surface area contributed by atoms with Gasteiger partial charge in [-0.2, -0.15) is 5.10 Å². The van der Waals surface area contributed by atoms with E-state index in [9.17, 15) is 9.50 Å². The van der Waals surface area contributed by atoms with Gasteiger partial charge in [-0.3, -0.25) is 4.68 Å². The summed E-state index contributed by atoms with van der Waals surface area (Å²) in [6, 6.07) is 4.34. The molecule has 0 saturated heterocycles. The van der Waals surface area contributed by atoms with Crippen molar-refractivity contribution in [3.8, 4) is 16.9 Å². The van der Waals surface area contributed by atoms with Gasteiger partial charge in [-0.25, -0.2) is 4.39 Å². The predicted molar refractivity (Wildman–Crippen MR) is 62.0 cm³/mol. The van der Waals surface area contributed by atoms with Crippen molar-refractivity contribution in [1.82, 2.24) is 9.78 Å². The van der Waals surface area contributed by atoms with E-state index in [0.717, 1.165) is 23.6 Å². The van der Waals surface area contributed by atoms with Gasteiger partial charge in [0.05, 0.1) is 6.20 Å². The van der Waals surface area contributed by atoms with Crippen molar-refractivity contribution >= 4 is 0 Å². The van der Waals surface area contributed by atoms with Gasteiger partial charge in [-0.05, 0) is 36.5 Å². The van der Waals surface area contributed by atoms with E-state index in [2.05, 4.69) is 5.10 Å². The van der Waals surface area contributed by atoms with Crippen molar-refractivity contribution in [2.24, 2.45) is 5.92 Å². The van der Waals surface area contributed by atoms with E-state index < -0.39 is 5.82 Å². The van der Waals surface area contributed by atoms with E-state index in [1.165, 1.54) is 25.0 Å². The number of nitrogens with zero attached hydrogens (tertiary/aromatic N) is 2. The second-order valence-corrected chi connectivity index (χ2v) is 4.56. The highest BCUT2D eigenvalue weighted by Gasteiger charge is 2.22. The van der Waals surface area contributed by atoms with Gasteiger partial charge in [0.25, 0.3) is 0 Å². The molecule has 0 amide bonds. The lowest BCUT2D eigenvalue weighted by Gasteiger charge is -2.00. The fourth-order valence-corrected chi connectivity index (χ4v) is 1.87. The lowest BCUT2D eigenvalue weighted by Crippen LogP contribution is -1.98. The molecule has 3 rings (SSSR count). The fourth-order valence-electron chi connectivity index (χ4n) is 1.87. The molecule has 4 heteroatoms. The third-order valence-electron chi connectivity index (χ3n) is 3.05. The Kier molecular flexibility index (Phi) is 2.35. The van der Waals surface area contributed by atoms with Crippen molar-refractivity contribution in [2.75, 3.05) is 0 Å². The third kappa shape index (κ3) is 2.16. The van der Waals surface area contributed by atoms with E-state index in [0.29, 0.717) is 0 Å². The topological polar surface area (TPSA) is 38.1 Å². The average molecular weight is 232 g/mol. The van der Waals surface area contributed by atoms with E-state index in [1.54, 1.807) is 12.3 Å². The SMILES string of the molecule is Oc1cc(-c2cnn(CC3CC3)c2)ccc1F. The summed E-state index contributed by atoms with van der Waals surface area (Å²) in [5, 5.41) is 13.6. The molecule has 17 heavy (non-hydrogen) atoms. The zero-order valence-corrected chi connectivity index (χ0v) is 9.31. The third-order valence-corrected chi connectivity index (χ3v) is 3.05. The Morgan fingerprint density at radius 3 is 2.88 bits per heavy atom. The lowest BCUT2D eigenvalue weighted by molar-refractivity contribution is 0.433. The minimum absolute atomic E-state index is 0.322. The van der Waals surface area contributed by atoms with Crippen LogP contribution in [0.25, 0.3) is 11.1 Å². The summed E-state index contributed by atoms with van der Waals surface area (Å²) >= 11 is 0. The van der Waals surface area contributed by atoms with Crippen LogP contribution in [0.5, 0.6) is 5.75 Å². The summed E-state index contributed by atoms with van der Waals surface area (Å²) in [5.74, 6) is -0.152. The number of rotatable bonds is 3. The van der Waals surface area contributed by atoms with Crippen LogP contribution in [0.4, 0.5) is 4.39 Å². The normalized spacial score (nSPS) is 15.1. The molecule has 0 unspecified atom stereocenters. The molecule has 1 heterocycles. The molecular formula is C13H13FN2O. The molecule has 0 bridgehead atoms. The van der Waals surface area contributed by atoms with Crippen LogP contribution in [0.2, 0.25) is 0 Å². The molecular weight excluding hydrogens is 219 g/mol. The van der Waals surface area contributed by atoms with Crippen molar-refractivity contribution in [1.29, 1.82) is 0 Å². The minimum Gasteiger partial charge on any atom is -0.505 e. The van der Waals surface area contributed by atoms with E-state index >= 15 is 0 Å². The number of phenols is 1. The van der Waals surface area contributed by atoms with Crippen molar-refractivity contribution in [3.63, 3.8) is 0 Å². The van der Waals surface area contributed by atoms with Crippen LogP contribution in [0.15, 0.2) is 30.6 Å². The molecule has 1 aliphatic rings. The molecule has 0 spiro atoms. The Labute approximate surface area is 98.5 Å². The Balaban J connectivity index is 1.86. The van der Waals surface area contributed by atoms with Crippen LogP contribution in [0.1, 0.15) is 12.8 Å². The molecule has 0 atom stereocenters. The first-order chi connectivity index (χ1) is 8.22. The first-order valence-electron chi connectivity index (χ1n) is 5.74. The quantitative estimate of drug-likeness (QED) is 0.883. The van der Waals surface area contributed by atoms with Gasteiger partial charge in [0.2, 0.25) is 0 Å². The number of phenolic OH excluding ortho intramolecular Hbond substituents is 1. The highest BCUT2D eigenvalue weighted by Crippen LogP contribution is 2.31. The van der Waals surface area contributed by atoms with Crippen LogP contribution in [-0.2, 0) is 6.54 Å². The lowest BCUT2D eigenvalue weighted by atomic mass is 10.1. The Hall–Kier alpha value is -1.84. The summed E-state index contributed by atoms with van der Waals surface area (Å²) in [4.78, 5) is 0. The maximum Gasteiger partial charge on any atom is 0.164 e. The van der Waals surface area contributed by atoms with Gasteiger partial charge in [-0.1, -0.05) is 6.07 Å². The molecule has 0 aliphatic heterocycles. The average Bonchev–Trinajstić information content (AvgIpc) is 2.99. The number of hydrogen-bond donors (Lipinski definition) is 1. The zero-order valence-electron chi connectivity index (χ0n) is 9.31. The Morgan fingerprint density at radius 2 is 2.18 bits per heavy atom. The molecule has 3 nitrogen and oxygen atoms in total. The fraction of sp³-hybridized carbons (Fsp3) is 0.308. The predicted octanol–water partition coefficient (Wildman–Crippen LogP) is 2.80. The minimum atomic E-state index is -0.598. The van der Waals surface area contributed by atoms with Gasteiger partial charge in [0.1, 0.15) is 0 Å². The zero-order chi connectivity index (χ0) is 11.8. The molecule has 88 valence electrons. The monoisotopic (exact) mass is 232 g/mol. The van der Waals surface area contributed by atoms with Gasteiger partial charge in [0, 0.05) is 18.3 Å². The summed E-state index contributed by atoms with van der Waals surface area (Å²) in [6.07, 6.45) is 6.25. The summed E-state index contributed by atoms with van der Waals surface area (Å²) in [7, 11) is 0. The van der Waals surface area contributed by atoms with Gasteiger partial charge >= 0.3 is 0 Å². The number of aromatic hydroxyl groups is 1. The highest BCUT2D eigenvalue weighted by molar-refractivity contribution is 5.63. The highest BCUT2D eigenvalue weighted by atomic mass is 19.1. The van der Waals surface area contributed by atoms with Gasteiger partial charge < -0.3 is 5.11 Å². The molecule has 1 aromatic heterocycles. The maximum atomic E-state index is 12.9. The maximum absolute atomic E-state index is 12.9. The summed E-state index contributed by atoms with van der Waals surface area (Å²) < 4.78 is 14.8. The van der Waals surface area contributed by atoms with Crippen molar-refractivity contribution in [3.05, 3.63) is 36.4 Å². The number of hydrogen-bond acceptors (Lipinski definition) is 2. The molecule has 0 radical (unpaired) electrons.